The zero-order valence-corrected chi connectivity index (χ0v) is 54.2. The summed E-state index contributed by atoms with van der Waals surface area (Å²) in [7, 11) is 0. The standard InChI is InChI=1S/C77H128O6/c1-4-7-10-13-16-19-22-25-28-30-32-33-34-35-36-37-38-39-40-41-42-43-45-46-49-52-55-58-61-64-67-70-76(79)82-73-74(72-81-75(78)69-66-63-60-57-54-51-48-27-24-21-18-15-12-9-6-3)83-77(80)71-68-65-62-59-56-53-50-47-44-31-29-26-23-20-17-14-11-8-5-2/h7,9-10,12,16,18-19,21,25-29,32-33,35-36,38-39,48,54,57,74H,4-6,8,11,13-15,17,20,22-24,30-31,34,37,40-47,49-53,55-56,58-73H2,1-3H3/b10-7-,12-9-,19-16-,21-18-,28-25-,29-26-,33-32-,36-35-,39-38-,48-27-,57-54-. The van der Waals surface area contributed by atoms with Crippen LogP contribution in [-0.4, -0.2) is 37.2 Å². The van der Waals surface area contributed by atoms with Gasteiger partial charge in [0.05, 0.1) is 0 Å². The highest BCUT2D eigenvalue weighted by atomic mass is 16.6. The Labute approximate surface area is 513 Å². The number of esters is 3. The maximum absolute atomic E-state index is 12.9. The molecule has 0 bridgehead atoms. The third-order valence-electron chi connectivity index (χ3n) is 14.6. The molecule has 0 aliphatic heterocycles. The summed E-state index contributed by atoms with van der Waals surface area (Å²) in [5.74, 6) is -0.934. The van der Waals surface area contributed by atoms with E-state index in [1.807, 2.05) is 0 Å². The van der Waals surface area contributed by atoms with Crippen molar-refractivity contribution in [3.8, 4) is 0 Å². The molecular formula is C77H128O6. The third-order valence-corrected chi connectivity index (χ3v) is 14.6. The lowest BCUT2D eigenvalue weighted by molar-refractivity contribution is -0.167. The fraction of sp³-hybridized carbons (Fsp3) is 0.675. The second kappa shape index (κ2) is 70.0. The minimum absolute atomic E-state index is 0.0946. The van der Waals surface area contributed by atoms with E-state index in [4.69, 9.17) is 14.2 Å². The van der Waals surface area contributed by atoms with Crippen LogP contribution < -0.4 is 0 Å². The molecule has 0 heterocycles. The Morgan fingerprint density at radius 1 is 0.253 bits per heavy atom. The number of carbonyl (C=O) groups excluding carboxylic acids is 3. The molecule has 1 unspecified atom stereocenters. The summed E-state index contributed by atoms with van der Waals surface area (Å²) in [5.41, 5.74) is 0. The quantitative estimate of drug-likeness (QED) is 0.0261. The predicted octanol–water partition coefficient (Wildman–Crippen LogP) is 24.1. The van der Waals surface area contributed by atoms with Gasteiger partial charge >= 0.3 is 17.9 Å². The third kappa shape index (κ3) is 68.2. The number of hydrogen-bond acceptors (Lipinski definition) is 6. The summed E-state index contributed by atoms with van der Waals surface area (Å²) < 4.78 is 16.9. The van der Waals surface area contributed by atoms with E-state index in [2.05, 4.69) is 154 Å². The Balaban J connectivity index is 4.32. The Morgan fingerprint density at radius 2 is 0.470 bits per heavy atom. The van der Waals surface area contributed by atoms with Gasteiger partial charge in [0.2, 0.25) is 0 Å². The minimum Gasteiger partial charge on any atom is -0.462 e. The van der Waals surface area contributed by atoms with E-state index in [0.717, 1.165) is 122 Å². The molecule has 0 saturated carbocycles. The summed E-state index contributed by atoms with van der Waals surface area (Å²) in [6, 6.07) is 0. The van der Waals surface area contributed by atoms with Crippen LogP contribution in [0.4, 0.5) is 0 Å². The Morgan fingerprint density at radius 3 is 0.771 bits per heavy atom. The van der Waals surface area contributed by atoms with Crippen LogP contribution >= 0.6 is 0 Å². The van der Waals surface area contributed by atoms with E-state index in [1.165, 1.54) is 154 Å². The molecular weight excluding hydrogens is 1020 g/mol. The monoisotopic (exact) mass is 1150 g/mol. The highest BCUT2D eigenvalue weighted by molar-refractivity contribution is 5.71. The van der Waals surface area contributed by atoms with Gasteiger partial charge in [-0.15, -0.1) is 0 Å². The fourth-order valence-electron chi connectivity index (χ4n) is 9.49. The van der Waals surface area contributed by atoms with Crippen LogP contribution in [0.2, 0.25) is 0 Å². The van der Waals surface area contributed by atoms with Crippen LogP contribution in [-0.2, 0) is 28.6 Å². The first-order valence-electron chi connectivity index (χ1n) is 34.7. The average Bonchev–Trinajstić information content (AvgIpc) is 3.49. The molecule has 472 valence electrons. The maximum Gasteiger partial charge on any atom is 0.306 e. The molecule has 0 amide bonds. The molecule has 0 spiro atoms. The van der Waals surface area contributed by atoms with Crippen molar-refractivity contribution < 1.29 is 28.6 Å². The summed E-state index contributed by atoms with van der Waals surface area (Å²) >= 11 is 0. The highest BCUT2D eigenvalue weighted by Gasteiger charge is 2.19. The minimum atomic E-state index is -0.802. The summed E-state index contributed by atoms with van der Waals surface area (Å²) in [5, 5.41) is 0. The molecule has 0 aromatic rings. The van der Waals surface area contributed by atoms with Gasteiger partial charge < -0.3 is 14.2 Å². The smallest absolute Gasteiger partial charge is 0.306 e. The lowest BCUT2D eigenvalue weighted by atomic mass is 10.0. The molecule has 0 aromatic heterocycles. The maximum atomic E-state index is 12.9. The fourth-order valence-corrected chi connectivity index (χ4v) is 9.49. The Hall–Kier alpha value is -4.45. The van der Waals surface area contributed by atoms with Crippen LogP contribution in [0.1, 0.15) is 316 Å². The molecule has 0 aliphatic rings. The van der Waals surface area contributed by atoms with Gasteiger partial charge in [0.25, 0.3) is 0 Å². The number of rotatable bonds is 62. The van der Waals surface area contributed by atoms with Gasteiger partial charge in [-0.2, -0.15) is 0 Å². The van der Waals surface area contributed by atoms with Gasteiger partial charge in [0, 0.05) is 19.3 Å². The van der Waals surface area contributed by atoms with Crippen molar-refractivity contribution in [2.45, 2.75) is 322 Å². The molecule has 0 N–H and O–H groups in total. The summed E-state index contributed by atoms with van der Waals surface area (Å²) in [6.45, 7) is 6.39. The predicted molar refractivity (Wildman–Crippen MR) is 362 cm³/mol. The summed E-state index contributed by atoms with van der Waals surface area (Å²) in [6.07, 6.45) is 99.0. The van der Waals surface area contributed by atoms with Crippen molar-refractivity contribution in [2.75, 3.05) is 13.2 Å². The lowest BCUT2D eigenvalue weighted by Gasteiger charge is -2.18. The van der Waals surface area contributed by atoms with E-state index >= 15 is 0 Å². The first kappa shape index (κ1) is 78.5. The van der Waals surface area contributed by atoms with Crippen molar-refractivity contribution in [3.05, 3.63) is 134 Å². The van der Waals surface area contributed by atoms with Crippen molar-refractivity contribution in [2.24, 2.45) is 0 Å². The van der Waals surface area contributed by atoms with Gasteiger partial charge in [0.1, 0.15) is 13.2 Å². The van der Waals surface area contributed by atoms with Gasteiger partial charge in [-0.05, 0) is 135 Å². The molecule has 0 rings (SSSR count). The second-order valence-electron chi connectivity index (χ2n) is 22.7. The Bertz CT molecular complexity index is 1750. The van der Waals surface area contributed by atoms with Gasteiger partial charge in [-0.3, -0.25) is 14.4 Å². The van der Waals surface area contributed by atoms with Crippen LogP contribution in [0.15, 0.2) is 134 Å². The highest BCUT2D eigenvalue weighted by Crippen LogP contribution is 2.16. The first-order valence-corrected chi connectivity index (χ1v) is 34.7. The molecule has 0 aromatic carbocycles. The molecule has 0 radical (unpaired) electrons. The van der Waals surface area contributed by atoms with Crippen molar-refractivity contribution in [1.29, 1.82) is 0 Å². The molecule has 6 heteroatoms. The normalized spacial score (nSPS) is 13.0. The topological polar surface area (TPSA) is 78.9 Å². The van der Waals surface area contributed by atoms with Gasteiger partial charge in [-0.25, -0.2) is 0 Å². The van der Waals surface area contributed by atoms with Crippen LogP contribution in [0.3, 0.4) is 0 Å². The molecule has 0 fully saturated rings. The largest absolute Gasteiger partial charge is 0.462 e. The molecule has 0 saturated heterocycles. The van der Waals surface area contributed by atoms with E-state index in [9.17, 15) is 14.4 Å². The molecule has 6 nitrogen and oxygen atoms in total. The van der Waals surface area contributed by atoms with Crippen LogP contribution in [0, 0.1) is 0 Å². The van der Waals surface area contributed by atoms with Crippen LogP contribution in [0.25, 0.3) is 0 Å². The van der Waals surface area contributed by atoms with Crippen molar-refractivity contribution in [1.82, 2.24) is 0 Å². The first-order chi connectivity index (χ1) is 41.0. The second-order valence-corrected chi connectivity index (χ2v) is 22.7. The zero-order valence-electron chi connectivity index (χ0n) is 54.2. The van der Waals surface area contributed by atoms with Gasteiger partial charge in [0.15, 0.2) is 6.10 Å². The van der Waals surface area contributed by atoms with Crippen molar-refractivity contribution in [3.63, 3.8) is 0 Å². The number of allylic oxidation sites excluding steroid dienone is 22. The zero-order chi connectivity index (χ0) is 59.9. The van der Waals surface area contributed by atoms with E-state index < -0.39 is 6.10 Å². The van der Waals surface area contributed by atoms with Crippen LogP contribution in [0.5, 0.6) is 0 Å². The SMILES string of the molecule is CC/C=C\C/C=C\C/C=C\C/C=C\C/C=C\C/C=C\CCCCCCCCCCCCCCC(=O)OCC(COC(=O)CCCC/C=C\C/C=C\C/C=C\C/C=C\CC)OC(=O)CCCCCCCCCCC/C=C\CCCCCCCC. The van der Waals surface area contributed by atoms with E-state index in [-0.39, 0.29) is 31.1 Å². The number of carbonyl (C=O) groups is 3. The van der Waals surface area contributed by atoms with E-state index in [0.29, 0.717) is 19.3 Å². The molecule has 83 heavy (non-hydrogen) atoms. The lowest BCUT2D eigenvalue weighted by Crippen LogP contribution is -2.30. The Kier molecular flexibility index (Phi) is 66.3. The van der Waals surface area contributed by atoms with Gasteiger partial charge in [-0.1, -0.05) is 296 Å². The number of unbranched alkanes of at least 4 members (excludes halogenated alkanes) is 29. The summed E-state index contributed by atoms with van der Waals surface area (Å²) in [4.78, 5) is 38.4. The number of hydrogen-bond donors (Lipinski definition) is 0. The average molecular weight is 1150 g/mol. The molecule has 1 atom stereocenters. The molecule has 0 aliphatic carbocycles. The van der Waals surface area contributed by atoms with Crippen molar-refractivity contribution >= 4 is 17.9 Å². The van der Waals surface area contributed by atoms with E-state index in [1.54, 1.807) is 0 Å². The number of ether oxygens (including phenoxy) is 3.